The zero-order valence-corrected chi connectivity index (χ0v) is 14.2. The molecule has 122 valence electrons. The summed E-state index contributed by atoms with van der Waals surface area (Å²) in [5, 5.41) is 6.18. The van der Waals surface area contributed by atoms with E-state index in [2.05, 4.69) is 55.7 Å². The Balaban J connectivity index is 1.83. The predicted molar refractivity (Wildman–Crippen MR) is 96.6 cm³/mol. The van der Waals surface area contributed by atoms with Crippen molar-refractivity contribution in [1.82, 2.24) is 5.32 Å². The average molecular weight is 310 g/mol. The first kappa shape index (κ1) is 17.2. The minimum Gasteiger partial charge on any atom is -0.325 e. The van der Waals surface area contributed by atoms with Gasteiger partial charge in [0.2, 0.25) is 5.91 Å². The van der Waals surface area contributed by atoms with Crippen molar-refractivity contribution in [3.63, 3.8) is 0 Å². The second kappa shape index (κ2) is 8.49. The van der Waals surface area contributed by atoms with Gasteiger partial charge in [0.15, 0.2) is 0 Å². The van der Waals surface area contributed by atoms with Crippen LogP contribution in [-0.4, -0.2) is 12.5 Å². The third-order valence-electron chi connectivity index (χ3n) is 4.24. The molecular formula is C20H26N2O. The van der Waals surface area contributed by atoms with Crippen molar-refractivity contribution in [2.24, 2.45) is 0 Å². The Morgan fingerprint density at radius 3 is 2.22 bits per heavy atom. The molecule has 0 spiro atoms. The largest absolute Gasteiger partial charge is 0.325 e. The van der Waals surface area contributed by atoms with Crippen molar-refractivity contribution < 1.29 is 4.79 Å². The molecule has 0 fully saturated rings. The Bertz CT molecular complexity index is 607. The van der Waals surface area contributed by atoms with Crippen LogP contribution in [0.3, 0.4) is 0 Å². The Labute approximate surface area is 139 Å². The summed E-state index contributed by atoms with van der Waals surface area (Å²) in [5.41, 5.74) is 3.33. The molecule has 2 aromatic rings. The van der Waals surface area contributed by atoms with Gasteiger partial charge in [0.25, 0.3) is 0 Å². The van der Waals surface area contributed by atoms with Crippen molar-refractivity contribution in [3.05, 3.63) is 65.7 Å². The quantitative estimate of drug-likeness (QED) is 0.791. The SMILES string of the molecule is CC[C@H](C)c1ccc(NC(=O)CN[C@@H](C)c2ccccc2)cc1. The number of benzene rings is 2. The number of anilines is 1. The van der Waals surface area contributed by atoms with Gasteiger partial charge in [-0.2, -0.15) is 0 Å². The summed E-state index contributed by atoms with van der Waals surface area (Å²) in [6.45, 7) is 6.75. The van der Waals surface area contributed by atoms with Gasteiger partial charge < -0.3 is 10.6 Å². The summed E-state index contributed by atoms with van der Waals surface area (Å²) in [5.74, 6) is 0.525. The van der Waals surface area contributed by atoms with E-state index in [1.54, 1.807) is 0 Å². The Morgan fingerprint density at radius 1 is 0.957 bits per heavy atom. The fourth-order valence-corrected chi connectivity index (χ4v) is 2.44. The van der Waals surface area contributed by atoms with Crippen molar-refractivity contribution in [3.8, 4) is 0 Å². The van der Waals surface area contributed by atoms with E-state index in [9.17, 15) is 4.79 Å². The lowest BCUT2D eigenvalue weighted by Crippen LogP contribution is -2.30. The number of hydrogen-bond acceptors (Lipinski definition) is 2. The third-order valence-corrected chi connectivity index (χ3v) is 4.24. The summed E-state index contributed by atoms with van der Waals surface area (Å²) >= 11 is 0. The molecule has 3 heteroatoms. The highest BCUT2D eigenvalue weighted by Crippen LogP contribution is 2.20. The maximum atomic E-state index is 12.0. The van der Waals surface area contributed by atoms with Gasteiger partial charge in [0.05, 0.1) is 6.54 Å². The molecule has 0 aliphatic carbocycles. The van der Waals surface area contributed by atoms with Crippen LogP contribution in [0.15, 0.2) is 54.6 Å². The zero-order chi connectivity index (χ0) is 16.7. The predicted octanol–water partition coefficient (Wildman–Crippen LogP) is 4.49. The minimum atomic E-state index is -0.0240. The molecule has 0 aliphatic rings. The molecule has 0 unspecified atom stereocenters. The molecule has 0 aromatic heterocycles. The lowest BCUT2D eigenvalue weighted by molar-refractivity contribution is -0.115. The molecule has 2 atom stereocenters. The molecule has 0 bridgehead atoms. The lowest BCUT2D eigenvalue weighted by atomic mass is 9.99. The highest BCUT2D eigenvalue weighted by molar-refractivity contribution is 5.92. The van der Waals surface area contributed by atoms with Gasteiger partial charge in [-0.15, -0.1) is 0 Å². The number of rotatable bonds is 7. The van der Waals surface area contributed by atoms with Crippen LogP contribution in [-0.2, 0) is 4.79 Å². The van der Waals surface area contributed by atoms with Crippen LogP contribution >= 0.6 is 0 Å². The van der Waals surface area contributed by atoms with Crippen LogP contribution < -0.4 is 10.6 Å². The van der Waals surface area contributed by atoms with E-state index < -0.39 is 0 Å². The second-order valence-electron chi connectivity index (χ2n) is 5.99. The van der Waals surface area contributed by atoms with E-state index in [-0.39, 0.29) is 11.9 Å². The molecule has 0 saturated heterocycles. The molecular weight excluding hydrogens is 284 g/mol. The van der Waals surface area contributed by atoms with Gasteiger partial charge in [-0.3, -0.25) is 4.79 Å². The van der Waals surface area contributed by atoms with Gasteiger partial charge in [0, 0.05) is 11.7 Å². The molecule has 0 saturated carbocycles. The highest BCUT2D eigenvalue weighted by atomic mass is 16.1. The summed E-state index contributed by atoms with van der Waals surface area (Å²) < 4.78 is 0. The smallest absolute Gasteiger partial charge is 0.238 e. The molecule has 0 aliphatic heterocycles. The minimum absolute atomic E-state index is 0.0240. The van der Waals surface area contributed by atoms with Crippen LogP contribution in [0, 0.1) is 0 Å². The molecule has 0 radical (unpaired) electrons. The molecule has 2 aromatic carbocycles. The normalized spacial score (nSPS) is 13.3. The van der Waals surface area contributed by atoms with Crippen LogP contribution in [0.5, 0.6) is 0 Å². The fourth-order valence-electron chi connectivity index (χ4n) is 2.44. The van der Waals surface area contributed by atoms with Crippen molar-refractivity contribution in [1.29, 1.82) is 0 Å². The van der Waals surface area contributed by atoms with Gasteiger partial charge >= 0.3 is 0 Å². The van der Waals surface area contributed by atoms with Crippen molar-refractivity contribution in [2.45, 2.75) is 39.2 Å². The Morgan fingerprint density at radius 2 is 1.61 bits per heavy atom. The number of hydrogen-bond donors (Lipinski definition) is 2. The number of carbonyl (C=O) groups is 1. The van der Waals surface area contributed by atoms with Gasteiger partial charge in [-0.1, -0.05) is 56.3 Å². The molecule has 23 heavy (non-hydrogen) atoms. The summed E-state index contributed by atoms with van der Waals surface area (Å²) in [7, 11) is 0. The van der Waals surface area contributed by atoms with Crippen LogP contribution in [0.2, 0.25) is 0 Å². The van der Waals surface area contributed by atoms with E-state index in [1.807, 2.05) is 30.3 Å². The zero-order valence-electron chi connectivity index (χ0n) is 14.2. The van der Waals surface area contributed by atoms with Crippen molar-refractivity contribution in [2.75, 3.05) is 11.9 Å². The van der Waals surface area contributed by atoms with E-state index in [0.717, 1.165) is 12.1 Å². The van der Waals surface area contributed by atoms with Crippen LogP contribution in [0.4, 0.5) is 5.69 Å². The standard InChI is InChI=1S/C20H26N2O/c1-4-15(2)17-10-12-19(13-11-17)22-20(23)14-21-16(3)18-8-6-5-7-9-18/h5-13,15-16,21H,4,14H2,1-3H3,(H,22,23)/t15-,16-/m0/s1. The van der Waals surface area contributed by atoms with Crippen molar-refractivity contribution >= 4 is 11.6 Å². The Kier molecular flexibility index (Phi) is 6.36. The monoisotopic (exact) mass is 310 g/mol. The maximum absolute atomic E-state index is 12.0. The maximum Gasteiger partial charge on any atom is 0.238 e. The number of amides is 1. The third kappa shape index (κ3) is 5.22. The second-order valence-corrected chi connectivity index (χ2v) is 5.99. The molecule has 3 nitrogen and oxygen atoms in total. The molecule has 2 N–H and O–H groups in total. The number of carbonyl (C=O) groups excluding carboxylic acids is 1. The molecule has 1 amide bonds. The van der Waals surface area contributed by atoms with Gasteiger partial charge in [0.1, 0.15) is 0 Å². The fraction of sp³-hybridized carbons (Fsp3) is 0.350. The first-order chi connectivity index (χ1) is 11.1. The molecule has 0 heterocycles. The van der Waals surface area contributed by atoms with E-state index in [0.29, 0.717) is 12.5 Å². The van der Waals surface area contributed by atoms with E-state index in [1.165, 1.54) is 11.1 Å². The molecule has 2 rings (SSSR count). The summed E-state index contributed by atoms with van der Waals surface area (Å²) in [6, 6.07) is 18.4. The number of nitrogens with one attached hydrogen (secondary N) is 2. The summed E-state index contributed by atoms with van der Waals surface area (Å²) in [4.78, 5) is 12.0. The lowest BCUT2D eigenvalue weighted by Gasteiger charge is -2.14. The average Bonchev–Trinajstić information content (AvgIpc) is 2.60. The highest BCUT2D eigenvalue weighted by Gasteiger charge is 2.08. The van der Waals surface area contributed by atoms with Crippen LogP contribution in [0.25, 0.3) is 0 Å². The van der Waals surface area contributed by atoms with Crippen LogP contribution in [0.1, 0.15) is 50.3 Å². The van der Waals surface area contributed by atoms with Gasteiger partial charge in [-0.25, -0.2) is 0 Å². The first-order valence-electron chi connectivity index (χ1n) is 8.28. The first-order valence-corrected chi connectivity index (χ1v) is 8.28. The summed E-state index contributed by atoms with van der Waals surface area (Å²) in [6.07, 6.45) is 1.12. The topological polar surface area (TPSA) is 41.1 Å². The van der Waals surface area contributed by atoms with E-state index in [4.69, 9.17) is 0 Å². The van der Waals surface area contributed by atoms with E-state index >= 15 is 0 Å². The van der Waals surface area contributed by atoms with Gasteiger partial charge in [-0.05, 0) is 42.5 Å². The Hall–Kier alpha value is -2.13.